The van der Waals surface area contributed by atoms with Gasteiger partial charge in [0, 0.05) is 5.56 Å². The minimum absolute atomic E-state index is 0.0165. The van der Waals surface area contributed by atoms with Crippen molar-refractivity contribution in [3.8, 4) is 0 Å². The standard InChI is InChI=1S/C12H12F2N4/c1-2-7-11(15)16-6-17-12(7)18-9-5-3-4-8(13)10(9)14/h3-6H,2H2,1H3,(H3,15,16,17,18). The van der Waals surface area contributed by atoms with Crippen molar-refractivity contribution >= 4 is 17.3 Å². The molecule has 0 fully saturated rings. The molecule has 0 amide bonds. The molecule has 3 N–H and O–H groups in total. The van der Waals surface area contributed by atoms with Gasteiger partial charge in [-0.15, -0.1) is 0 Å². The molecule has 0 bridgehead atoms. The lowest BCUT2D eigenvalue weighted by Gasteiger charge is -2.11. The fourth-order valence-electron chi connectivity index (χ4n) is 1.61. The van der Waals surface area contributed by atoms with E-state index in [4.69, 9.17) is 5.73 Å². The predicted molar refractivity (Wildman–Crippen MR) is 65.5 cm³/mol. The highest BCUT2D eigenvalue weighted by Crippen LogP contribution is 2.24. The molecule has 0 saturated carbocycles. The van der Waals surface area contributed by atoms with E-state index in [0.29, 0.717) is 23.6 Å². The summed E-state index contributed by atoms with van der Waals surface area (Å²) in [4.78, 5) is 7.84. The first kappa shape index (κ1) is 12.2. The number of nitrogen functional groups attached to an aromatic ring is 1. The molecule has 1 heterocycles. The van der Waals surface area contributed by atoms with Crippen LogP contribution in [0.5, 0.6) is 0 Å². The zero-order valence-electron chi connectivity index (χ0n) is 9.74. The summed E-state index contributed by atoms with van der Waals surface area (Å²) in [6, 6.07) is 3.89. The van der Waals surface area contributed by atoms with E-state index in [1.807, 2.05) is 6.92 Å². The van der Waals surface area contributed by atoms with E-state index in [9.17, 15) is 8.78 Å². The molecule has 18 heavy (non-hydrogen) atoms. The zero-order valence-corrected chi connectivity index (χ0v) is 9.74. The molecule has 0 aliphatic heterocycles. The molecule has 0 spiro atoms. The van der Waals surface area contributed by atoms with Crippen LogP contribution < -0.4 is 11.1 Å². The maximum Gasteiger partial charge on any atom is 0.182 e. The zero-order chi connectivity index (χ0) is 13.1. The number of anilines is 3. The molecule has 4 nitrogen and oxygen atoms in total. The Balaban J connectivity index is 2.40. The number of nitrogens with two attached hydrogens (primary N) is 1. The van der Waals surface area contributed by atoms with Crippen molar-refractivity contribution in [2.24, 2.45) is 0 Å². The second-order valence-electron chi connectivity index (χ2n) is 3.67. The molecule has 0 radical (unpaired) electrons. The number of nitrogens with zero attached hydrogens (tertiary/aromatic N) is 2. The number of hydrogen-bond acceptors (Lipinski definition) is 4. The number of halogens is 2. The molecule has 2 rings (SSSR count). The Kier molecular flexibility index (Phi) is 3.36. The van der Waals surface area contributed by atoms with Gasteiger partial charge < -0.3 is 11.1 Å². The quantitative estimate of drug-likeness (QED) is 0.879. The molecule has 0 aliphatic rings. The number of hydrogen-bond donors (Lipinski definition) is 2. The van der Waals surface area contributed by atoms with Gasteiger partial charge in [0.1, 0.15) is 18.0 Å². The van der Waals surface area contributed by atoms with Gasteiger partial charge in [0.2, 0.25) is 0 Å². The summed E-state index contributed by atoms with van der Waals surface area (Å²) in [5.74, 6) is -1.15. The lowest BCUT2D eigenvalue weighted by molar-refractivity contribution is 0.511. The summed E-state index contributed by atoms with van der Waals surface area (Å²) < 4.78 is 26.6. The van der Waals surface area contributed by atoms with Gasteiger partial charge >= 0.3 is 0 Å². The Morgan fingerprint density at radius 2 is 2.06 bits per heavy atom. The number of nitrogens with one attached hydrogen (secondary N) is 1. The van der Waals surface area contributed by atoms with Gasteiger partial charge in [-0.1, -0.05) is 13.0 Å². The Morgan fingerprint density at radius 3 is 2.78 bits per heavy atom. The summed E-state index contributed by atoms with van der Waals surface area (Å²) in [6.07, 6.45) is 1.86. The molecule has 94 valence electrons. The maximum atomic E-state index is 13.5. The van der Waals surface area contributed by atoms with Gasteiger partial charge in [-0.3, -0.25) is 0 Å². The van der Waals surface area contributed by atoms with E-state index >= 15 is 0 Å². The predicted octanol–water partition coefficient (Wildman–Crippen LogP) is 2.64. The van der Waals surface area contributed by atoms with E-state index in [1.54, 1.807) is 0 Å². The van der Waals surface area contributed by atoms with Gasteiger partial charge in [-0.25, -0.2) is 18.7 Å². The third-order valence-electron chi connectivity index (χ3n) is 2.54. The van der Waals surface area contributed by atoms with Gasteiger partial charge in [-0.2, -0.15) is 0 Å². The lowest BCUT2D eigenvalue weighted by Crippen LogP contribution is -2.05. The van der Waals surface area contributed by atoms with Crippen molar-refractivity contribution in [1.82, 2.24) is 9.97 Å². The second kappa shape index (κ2) is 4.95. The van der Waals surface area contributed by atoms with E-state index in [0.717, 1.165) is 6.07 Å². The summed E-state index contributed by atoms with van der Waals surface area (Å²) in [5, 5.41) is 2.73. The van der Waals surface area contributed by atoms with Crippen LogP contribution in [0.3, 0.4) is 0 Å². The van der Waals surface area contributed by atoms with Crippen molar-refractivity contribution in [3.05, 3.63) is 41.7 Å². The van der Waals surface area contributed by atoms with Gasteiger partial charge in [0.15, 0.2) is 11.6 Å². The average molecular weight is 250 g/mol. The van der Waals surface area contributed by atoms with Gasteiger partial charge in [-0.05, 0) is 18.6 Å². The normalized spacial score (nSPS) is 10.4. The monoisotopic (exact) mass is 250 g/mol. The van der Waals surface area contributed by atoms with Crippen molar-refractivity contribution in [2.75, 3.05) is 11.1 Å². The third kappa shape index (κ3) is 2.22. The van der Waals surface area contributed by atoms with Gasteiger partial charge in [0.05, 0.1) is 5.69 Å². The number of rotatable bonds is 3. The average Bonchev–Trinajstić information content (AvgIpc) is 2.35. The van der Waals surface area contributed by atoms with E-state index in [1.165, 1.54) is 18.5 Å². The topological polar surface area (TPSA) is 63.8 Å². The van der Waals surface area contributed by atoms with E-state index in [-0.39, 0.29) is 5.69 Å². The number of benzene rings is 1. The number of aromatic nitrogens is 2. The Hall–Kier alpha value is -2.24. The van der Waals surface area contributed by atoms with Crippen LogP contribution in [-0.4, -0.2) is 9.97 Å². The summed E-state index contributed by atoms with van der Waals surface area (Å²) >= 11 is 0. The molecule has 2 aromatic rings. The Bertz CT molecular complexity index is 572. The molecular weight excluding hydrogens is 238 g/mol. The minimum atomic E-state index is -0.947. The first-order chi connectivity index (χ1) is 8.63. The highest BCUT2D eigenvalue weighted by molar-refractivity contribution is 5.64. The first-order valence-electron chi connectivity index (χ1n) is 5.43. The molecule has 1 aromatic heterocycles. The van der Waals surface area contributed by atoms with Crippen LogP contribution in [0.2, 0.25) is 0 Å². The molecule has 6 heteroatoms. The van der Waals surface area contributed by atoms with Crippen LogP contribution in [0.15, 0.2) is 24.5 Å². The Morgan fingerprint density at radius 1 is 1.28 bits per heavy atom. The summed E-state index contributed by atoms with van der Waals surface area (Å²) in [6.45, 7) is 1.88. The molecule has 0 aliphatic carbocycles. The summed E-state index contributed by atoms with van der Waals surface area (Å²) in [7, 11) is 0. The van der Waals surface area contributed by atoms with Crippen LogP contribution in [-0.2, 0) is 6.42 Å². The largest absolute Gasteiger partial charge is 0.383 e. The smallest absolute Gasteiger partial charge is 0.182 e. The van der Waals surface area contributed by atoms with Crippen LogP contribution >= 0.6 is 0 Å². The molecule has 0 atom stereocenters. The summed E-state index contributed by atoms with van der Waals surface area (Å²) in [5.41, 5.74) is 6.38. The molecule has 1 aromatic carbocycles. The highest BCUT2D eigenvalue weighted by atomic mass is 19.2. The highest BCUT2D eigenvalue weighted by Gasteiger charge is 2.11. The van der Waals surface area contributed by atoms with Crippen LogP contribution in [0, 0.1) is 11.6 Å². The van der Waals surface area contributed by atoms with Crippen molar-refractivity contribution in [3.63, 3.8) is 0 Å². The van der Waals surface area contributed by atoms with Gasteiger partial charge in [0.25, 0.3) is 0 Å². The maximum absolute atomic E-state index is 13.5. The van der Waals surface area contributed by atoms with Crippen LogP contribution in [0.1, 0.15) is 12.5 Å². The Labute approximate surface area is 103 Å². The lowest BCUT2D eigenvalue weighted by atomic mass is 10.2. The molecule has 0 unspecified atom stereocenters. The van der Waals surface area contributed by atoms with Crippen molar-refractivity contribution in [1.29, 1.82) is 0 Å². The van der Waals surface area contributed by atoms with E-state index in [2.05, 4.69) is 15.3 Å². The first-order valence-corrected chi connectivity index (χ1v) is 5.43. The van der Waals surface area contributed by atoms with Crippen LogP contribution in [0.25, 0.3) is 0 Å². The fraction of sp³-hybridized carbons (Fsp3) is 0.167. The van der Waals surface area contributed by atoms with Crippen molar-refractivity contribution in [2.45, 2.75) is 13.3 Å². The molecule has 0 saturated heterocycles. The minimum Gasteiger partial charge on any atom is -0.383 e. The fourth-order valence-corrected chi connectivity index (χ4v) is 1.61. The van der Waals surface area contributed by atoms with Crippen molar-refractivity contribution < 1.29 is 8.78 Å². The SMILES string of the molecule is CCc1c(N)ncnc1Nc1cccc(F)c1F. The van der Waals surface area contributed by atoms with Crippen LogP contribution in [0.4, 0.5) is 26.1 Å². The van der Waals surface area contributed by atoms with E-state index < -0.39 is 11.6 Å². The molecular formula is C12H12F2N4. The third-order valence-corrected chi connectivity index (χ3v) is 2.54. The second-order valence-corrected chi connectivity index (χ2v) is 3.67.